The molecule has 2 rings (SSSR count). The molecule has 20 heavy (non-hydrogen) atoms. The van der Waals surface area contributed by atoms with Crippen molar-refractivity contribution in [3.05, 3.63) is 41.2 Å². The number of nitrogens with zero attached hydrogens (tertiary/aromatic N) is 1. The second kappa shape index (κ2) is 6.68. The molecule has 0 radical (unpaired) electrons. The van der Waals surface area contributed by atoms with Crippen LogP contribution in [-0.4, -0.2) is 28.6 Å². The van der Waals surface area contributed by atoms with Gasteiger partial charge in [0.1, 0.15) is 10.8 Å². The zero-order valence-corrected chi connectivity index (χ0v) is 12.0. The van der Waals surface area contributed by atoms with Crippen LogP contribution in [0.25, 0.3) is 10.8 Å². The molecular weight excluding hydrogens is 276 g/mol. The fourth-order valence-electron chi connectivity index (χ4n) is 2.07. The highest BCUT2D eigenvalue weighted by Crippen LogP contribution is 2.22. The molecule has 1 aromatic carbocycles. The van der Waals surface area contributed by atoms with Crippen molar-refractivity contribution in [1.29, 1.82) is 0 Å². The van der Waals surface area contributed by atoms with Crippen LogP contribution in [0.5, 0.6) is 0 Å². The molecule has 1 unspecified atom stereocenters. The molecule has 2 aromatic rings. The third-order valence-electron chi connectivity index (χ3n) is 3.23. The van der Waals surface area contributed by atoms with Crippen molar-refractivity contribution in [2.75, 3.05) is 6.61 Å². The van der Waals surface area contributed by atoms with E-state index in [-0.39, 0.29) is 18.6 Å². The molecule has 2 N–H and O–H groups in total. The van der Waals surface area contributed by atoms with Crippen LogP contribution < -0.4 is 5.32 Å². The lowest BCUT2D eigenvalue weighted by molar-refractivity contribution is 0.0924. The Morgan fingerprint density at radius 2 is 2.20 bits per heavy atom. The third kappa shape index (κ3) is 3.26. The maximum atomic E-state index is 12.2. The smallest absolute Gasteiger partial charge is 0.270 e. The quantitative estimate of drug-likeness (QED) is 0.833. The van der Waals surface area contributed by atoms with Crippen molar-refractivity contribution in [2.24, 2.45) is 0 Å². The minimum Gasteiger partial charge on any atom is -0.396 e. The van der Waals surface area contributed by atoms with Crippen molar-refractivity contribution in [3.8, 4) is 0 Å². The van der Waals surface area contributed by atoms with E-state index in [0.29, 0.717) is 17.3 Å². The van der Waals surface area contributed by atoms with E-state index < -0.39 is 0 Å². The largest absolute Gasteiger partial charge is 0.396 e. The van der Waals surface area contributed by atoms with Crippen LogP contribution in [0.1, 0.15) is 30.3 Å². The number of amides is 1. The van der Waals surface area contributed by atoms with Crippen LogP contribution in [-0.2, 0) is 0 Å². The monoisotopic (exact) mass is 292 g/mol. The third-order valence-corrected chi connectivity index (χ3v) is 3.52. The number of rotatable bonds is 5. The van der Waals surface area contributed by atoms with Gasteiger partial charge >= 0.3 is 0 Å². The van der Waals surface area contributed by atoms with Crippen LogP contribution in [0.2, 0.25) is 5.15 Å². The number of carbonyl (C=O) groups excluding carboxylic acids is 1. The van der Waals surface area contributed by atoms with E-state index in [1.54, 1.807) is 6.07 Å². The van der Waals surface area contributed by atoms with Gasteiger partial charge in [0.05, 0.1) is 0 Å². The first kappa shape index (κ1) is 14.8. The molecule has 1 atom stereocenters. The van der Waals surface area contributed by atoms with Gasteiger partial charge in [-0.3, -0.25) is 4.79 Å². The van der Waals surface area contributed by atoms with Gasteiger partial charge in [0.15, 0.2) is 0 Å². The predicted octanol–water partition coefficient (Wildman–Crippen LogP) is 2.78. The van der Waals surface area contributed by atoms with Crippen LogP contribution in [0, 0.1) is 0 Å². The Hall–Kier alpha value is -1.65. The Kier molecular flexibility index (Phi) is 4.93. The number of aliphatic hydroxyl groups excluding tert-OH is 1. The zero-order valence-electron chi connectivity index (χ0n) is 11.3. The maximum Gasteiger partial charge on any atom is 0.270 e. The summed E-state index contributed by atoms with van der Waals surface area (Å²) in [6.07, 6.45) is 1.29. The number of fused-ring (bicyclic) bond motifs is 1. The Morgan fingerprint density at radius 3 is 2.90 bits per heavy atom. The fraction of sp³-hybridized carbons (Fsp3) is 0.333. The molecule has 1 amide bonds. The van der Waals surface area contributed by atoms with Crippen LogP contribution in [0.15, 0.2) is 30.3 Å². The van der Waals surface area contributed by atoms with E-state index >= 15 is 0 Å². The number of hydrogen-bond acceptors (Lipinski definition) is 3. The topological polar surface area (TPSA) is 62.2 Å². The number of aliphatic hydroxyl groups is 1. The minimum atomic E-state index is -0.266. The lowest BCUT2D eigenvalue weighted by atomic mass is 10.1. The first-order valence-corrected chi connectivity index (χ1v) is 7.00. The van der Waals surface area contributed by atoms with Gasteiger partial charge in [-0.15, -0.1) is 0 Å². The second-order valence-electron chi connectivity index (χ2n) is 4.61. The number of halogens is 1. The van der Waals surface area contributed by atoms with E-state index in [9.17, 15) is 4.79 Å². The Bertz CT molecular complexity index is 616. The van der Waals surface area contributed by atoms with E-state index in [4.69, 9.17) is 16.7 Å². The maximum absolute atomic E-state index is 12.2. The summed E-state index contributed by atoms with van der Waals surface area (Å²) in [6.45, 7) is 2.01. The standard InChI is InChI=1S/C15H17ClN2O2/c1-2-11(7-8-19)17-15(20)13-9-10-5-3-4-6-12(10)14(16)18-13/h3-6,9,11,19H,2,7-8H2,1H3,(H,17,20). The summed E-state index contributed by atoms with van der Waals surface area (Å²) in [4.78, 5) is 16.3. The van der Waals surface area contributed by atoms with Gasteiger partial charge in [-0.2, -0.15) is 0 Å². The summed E-state index contributed by atoms with van der Waals surface area (Å²) in [5.74, 6) is -0.266. The molecule has 5 heteroatoms. The van der Waals surface area contributed by atoms with Crippen molar-refractivity contribution < 1.29 is 9.90 Å². The lowest BCUT2D eigenvalue weighted by Crippen LogP contribution is -2.35. The SMILES string of the molecule is CCC(CCO)NC(=O)c1cc2ccccc2c(Cl)n1. The number of nitrogens with one attached hydrogen (secondary N) is 1. The normalized spacial score (nSPS) is 12.3. The summed E-state index contributed by atoms with van der Waals surface area (Å²) in [5, 5.41) is 13.8. The Labute approximate surface area is 122 Å². The molecule has 0 aliphatic rings. The summed E-state index contributed by atoms with van der Waals surface area (Å²) >= 11 is 6.11. The van der Waals surface area contributed by atoms with Gasteiger partial charge in [-0.05, 0) is 24.3 Å². The summed E-state index contributed by atoms with van der Waals surface area (Å²) in [6, 6.07) is 9.20. The van der Waals surface area contributed by atoms with Crippen molar-refractivity contribution in [2.45, 2.75) is 25.8 Å². The number of carbonyl (C=O) groups is 1. The van der Waals surface area contributed by atoms with E-state index in [1.165, 1.54) is 0 Å². The van der Waals surface area contributed by atoms with Crippen molar-refractivity contribution in [1.82, 2.24) is 10.3 Å². The van der Waals surface area contributed by atoms with Crippen molar-refractivity contribution >= 4 is 28.3 Å². The molecule has 1 heterocycles. The van der Waals surface area contributed by atoms with Crippen LogP contribution in [0.4, 0.5) is 0 Å². The second-order valence-corrected chi connectivity index (χ2v) is 4.97. The molecule has 0 spiro atoms. The highest BCUT2D eigenvalue weighted by atomic mass is 35.5. The number of benzene rings is 1. The van der Waals surface area contributed by atoms with Gasteiger partial charge in [-0.1, -0.05) is 42.8 Å². The van der Waals surface area contributed by atoms with Crippen LogP contribution in [0.3, 0.4) is 0 Å². The van der Waals surface area contributed by atoms with Gasteiger partial charge in [0.2, 0.25) is 0 Å². The van der Waals surface area contributed by atoms with Crippen LogP contribution >= 0.6 is 11.6 Å². The summed E-state index contributed by atoms with van der Waals surface area (Å²) in [5.41, 5.74) is 0.296. The predicted molar refractivity (Wildman–Crippen MR) is 80.0 cm³/mol. The number of hydrogen-bond donors (Lipinski definition) is 2. The van der Waals surface area contributed by atoms with Gasteiger partial charge in [0, 0.05) is 18.0 Å². The minimum absolute atomic E-state index is 0.0463. The molecule has 0 saturated carbocycles. The molecule has 0 aliphatic heterocycles. The van der Waals surface area contributed by atoms with E-state index in [0.717, 1.165) is 17.2 Å². The molecule has 1 aromatic heterocycles. The highest BCUT2D eigenvalue weighted by molar-refractivity contribution is 6.34. The zero-order chi connectivity index (χ0) is 14.5. The van der Waals surface area contributed by atoms with Gasteiger partial charge in [-0.25, -0.2) is 4.98 Å². The average Bonchev–Trinajstić information content (AvgIpc) is 2.46. The Morgan fingerprint density at radius 1 is 1.45 bits per heavy atom. The first-order valence-electron chi connectivity index (χ1n) is 6.62. The number of pyridine rings is 1. The highest BCUT2D eigenvalue weighted by Gasteiger charge is 2.14. The molecule has 106 valence electrons. The molecule has 0 saturated heterocycles. The molecule has 0 bridgehead atoms. The molecule has 0 aliphatic carbocycles. The van der Waals surface area contributed by atoms with E-state index in [2.05, 4.69) is 10.3 Å². The molecule has 0 fully saturated rings. The fourth-order valence-corrected chi connectivity index (χ4v) is 2.33. The Balaban J connectivity index is 2.26. The lowest BCUT2D eigenvalue weighted by Gasteiger charge is -2.15. The molecular formula is C15H17ClN2O2. The van der Waals surface area contributed by atoms with Crippen molar-refractivity contribution in [3.63, 3.8) is 0 Å². The first-order chi connectivity index (χ1) is 9.65. The molecule has 4 nitrogen and oxygen atoms in total. The average molecular weight is 293 g/mol. The number of aromatic nitrogens is 1. The van der Waals surface area contributed by atoms with Gasteiger partial charge in [0.25, 0.3) is 5.91 Å². The summed E-state index contributed by atoms with van der Waals surface area (Å²) < 4.78 is 0. The van der Waals surface area contributed by atoms with E-state index in [1.807, 2.05) is 31.2 Å². The summed E-state index contributed by atoms with van der Waals surface area (Å²) in [7, 11) is 0. The van der Waals surface area contributed by atoms with Gasteiger partial charge < -0.3 is 10.4 Å².